The first-order valence-electron chi connectivity index (χ1n) is 5.89. The molecule has 19 heavy (non-hydrogen) atoms. The lowest BCUT2D eigenvalue weighted by Gasteiger charge is -2.11. The first kappa shape index (κ1) is 13.1. The van der Waals surface area contributed by atoms with E-state index in [4.69, 9.17) is 10.2 Å². The number of hydrogen-bond acceptors (Lipinski definition) is 3. The summed E-state index contributed by atoms with van der Waals surface area (Å²) in [5.41, 5.74) is 5.61. The molecule has 4 nitrogen and oxygen atoms in total. The average molecular weight is 262 g/mol. The van der Waals surface area contributed by atoms with Crippen LogP contribution in [0.2, 0.25) is 0 Å². The van der Waals surface area contributed by atoms with E-state index in [9.17, 15) is 9.18 Å². The maximum Gasteiger partial charge on any atom is 0.251 e. The number of amides is 1. The molecule has 0 bridgehead atoms. The molecule has 0 aliphatic rings. The zero-order chi connectivity index (χ0) is 14.0. The van der Waals surface area contributed by atoms with E-state index in [1.807, 2.05) is 13.0 Å². The molecule has 2 rings (SSSR count). The van der Waals surface area contributed by atoms with Crippen molar-refractivity contribution in [3.8, 4) is 0 Å². The number of furan rings is 1. The second kappa shape index (κ2) is 5.14. The normalized spacial score (nSPS) is 12.2. The van der Waals surface area contributed by atoms with Gasteiger partial charge in [0.15, 0.2) is 0 Å². The zero-order valence-electron chi connectivity index (χ0n) is 10.7. The Balaban J connectivity index is 2.10. The number of nitrogen functional groups attached to an aromatic ring is 1. The van der Waals surface area contributed by atoms with Crippen LogP contribution in [0.5, 0.6) is 0 Å². The summed E-state index contributed by atoms with van der Waals surface area (Å²) in [6.45, 7) is 3.62. The summed E-state index contributed by atoms with van der Waals surface area (Å²) in [5.74, 6) is 0.450. The van der Waals surface area contributed by atoms with Crippen molar-refractivity contribution in [3.05, 3.63) is 53.2 Å². The molecule has 0 fully saturated rings. The fraction of sp³-hybridized carbons (Fsp3) is 0.214. The van der Waals surface area contributed by atoms with Gasteiger partial charge in [0.2, 0.25) is 0 Å². The van der Waals surface area contributed by atoms with Crippen LogP contribution in [0.4, 0.5) is 10.1 Å². The Kier molecular flexibility index (Phi) is 3.55. The SMILES string of the molecule is Cc1ccc(C(C)NC(=O)c2ccc(N)c(F)c2)o1. The predicted octanol–water partition coefficient (Wildman–Crippen LogP) is 2.80. The number of nitrogens with two attached hydrogens (primary N) is 1. The Morgan fingerprint density at radius 3 is 2.68 bits per heavy atom. The molecule has 1 atom stereocenters. The highest BCUT2D eigenvalue weighted by atomic mass is 19.1. The van der Waals surface area contributed by atoms with Crippen LogP contribution in [0, 0.1) is 12.7 Å². The highest BCUT2D eigenvalue weighted by Gasteiger charge is 2.15. The largest absolute Gasteiger partial charge is 0.464 e. The number of carbonyl (C=O) groups excluding carboxylic acids is 1. The third kappa shape index (κ3) is 2.93. The van der Waals surface area contributed by atoms with Crippen LogP contribution in [0.1, 0.15) is 34.8 Å². The van der Waals surface area contributed by atoms with E-state index in [0.717, 1.165) is 11.8 Å². The molecule has 100 valence electrons. The van der Waals surface area contributed by atoms with Gasteiger partial charge in [-0.1, -0.05) is 0 Å². The minimum absolute atomic E-state index is 0.0197. The maximum absolute atomic E-state index is 13.3. The first-order chi connectivity index (χ1) is 8.97. The molecule has 1 unspecified atom stereocenters. The lowest BCUT2D eigenvalue weighted by atomic mass is 10.1. The average Bonchev–Trinajstić information content (AvgIpc) is 2.79. The number of nitrogens with one attached hydrogen (secondary N) is 1. The molecule has 1 aromatic carbocycles. The number of halogens is 1. The Morgan fingerprint density at radius 2 is 2.11 bits per heavy atom. The molecule has 2 aromatic rings. The first-order valence-corrected chi connectivity index (χ1v) is 5.89. The van der Waals surface area contributed by atoms with E-state index in [2.05, 4.69) is 5.32 Å². The molecule has 0 radical (unpaired) electrons. The van der Waals surface area contributed by atoms with Gasteiger partial charge < -0.3 is 15.5 Å². The van der Waals surface area contributed by atoms with Gasteiger partial charge in [0.05, 0.1) is 11.7 Å². The number of benzene rings is 1. The highest BCUT2D eigenvalue weighted by molar-refractivity contribution is 5.94. The molecule has 0 aliphatic carbocycles. The Hall–Kier alpha value is -2.30. The number of aryl methyl sites for hydroxylation is 1. The van der Waals surface area contributed by atoms with Crippen LogP contribution in [-0.4, -0.2) is 5.91 Å². The number of rotatable bonds is 3. The predicted molar refractivity (Wildman–Crippen MR) is 70.1 cm³/mol. The monoisotopic (exact) mass is 262 g/mol. The smallest absolute Gasteiger partial charge is 0.251 e. The second-order valence-electron chi connectivity index (χ2n) is 4.38. The van der Waals surface area contributed by atoms with Gasteiger partial charge >= 0.3 is 0 Å². The van der Waals surface area contributed by atoms with Crippen LogP contribution >= 0.6 is 0 Å². The summed E-state index contributed by atoms with van der Waals surface area (Å²) in [4.78, 5) is 11.9. The van der Waals surface area contributed by atoms with Crippen molar-refractivity contribution in [3.63, 3.8) is 0 Å². The highest BCUT2D eigenvalue weighted by Crippen LogP contribution is 2.17. The van der Waals surface area contributed by atoms with Gasteiger partial charge in [0, 0.05) is 5.56 Å². The molecule has 0 aliphatic heterocycles. The van der Waals surface area contributed by atoms with Gasteiger partial charge in [-0.05, 0) is 44.2 Å². The van der Waals surface area contributed by atoms with Crippen molar-refractivity contribution < 1.29 is 13.6 Å². The van der Waals surface area contributed by atoms with Crippen molar-refractivity contribution in [2.75, 3.05) is 5.73 Å². The number of carbonyl (C=O) groups is 1. The van der Waals surface area contributed by atoms with E-state index in [-0.39, 0.29) is 23.2 Å². The summed E-state index contributed by atoms with van der Waals surface area (Å²) in [6, 6.07) is 7.29. The lowest BCUT2D eigenvalue weighted by molar-refractivity contribution is 0.0934. The number of anilines is 1. The fourth-order valence-electron chi connectivity index (χ4n) is 1.71. The molecular weight excluding hydrogens is 247 g/mol. The molecule has 1 heterocycles. The Morgan fingerprint density at radius 1 is 1.37 bits per heavy atom. The van der Waals surface area contributed by atoms with Crippen molar-refractivity contribution in [1.29, 1.82) is 0 Å². The van der Waals surface area contributed by atoms with E-state index in [1.165, 1.54) is 12.1 Å². The number of hydrogen-bond donors (Lipinski definition) is 2. The Bertz CT molecular complexity index is 607. The summed E-state index contributed by atoms with van der Waals surface area (Å²) >= 11 is 0. The fourth-order valence-corrected chi connectivity index (χ4v) is 1.71. The topological polar surface area (TPSA) is 68.3 Å². The van der Waals surface area contributed by atoms with Crippen molar-refractivity contribution >= 4 is 11.6 Å². The van der Waals surface area contributed by atoms with E-state index in [0.29, 0.717) is 5.76 Å². The minimum Gasteiger partial charge on any atom is -0.464 e. The molecule has 5 heteroatoms. The molecule has 0 spiro atoms. The molecule has 1 amide bonds. The van der Waals surface area contributed by atoms with Crippen molar-refractivity contribution in [2.24, 2.45) is 0 Å². The van der Waals surface area contributed by atoms with Crippen LogP contribution in [0.25, 0.3) is 0 Å². The van der Waals surface area contributed by atoms with Crippen molar-refractivity contribution in [1.82, 2.24) is 5.32 Å². The van der Waals surface area contributed by atoms with Gasteiger partial charge in [-0.2, -0.15) is 0 Å². The lowest BCUT2D eigenvalue weighted by Crippen LogP contribution is -2.26. The summed E-state index contributed by atoms with van der Waals surface area (Å²) < 4.78 is 18.7. The standard InChI is InChI=1S/C14H15FN2O2/c1-8-3-6-13(19-8)9(2)17-14(18)10-4-5-12(16)11(15)7-10/h3-7,9H,16H2,1-2H3,(H,17,18). The van der Waals surface area contributed by atoms with E-state index < -0.39 is 5.82 Å². The van der Waals surface area contributed by atoms with Gasteiger partial charge in [-0.3, -0.25) is 4.79 Å². The quantitative estimate of drug-likeness (QED) is 0.836. The Labute approximate surface area is 110 Å². The van der Waals surface area contributed by atoms with Crippen LogP contribution in [0.15, 0.2) is 34.7 Å². The van der Waals surface area contributed by atoms with Gasteiger partial charge in [-0.15, -0.1) is 0 Å². The van der Waals surface area contributed by atoms with E-state index in [1.54, 1.807) is 13.0 Å². The molecule has 0 saturated carbocycles. The van der Waals surface area contributed by atoms with Gasteiger partial charge in [-0.25, -0.2) is 4.39 Å². The van der Waals surface area contributed by atoms with Gasteiger partial charge in [0.1, 0.15) is 17.3 Å². The van der Waals surface area contributed by atoms with E-state index >= 15 is 0 Å². The summed E-state index contributed by atoms with van der Waals surface area (Å²) in [5, 5.41) is 2.73. The molecule has 1 aromatic heterocycles. The van der Waals surface area contributed by atoms with Crippen LogP contribution < -0.4 is 11.1 Å². The van der Waals surface area contributed by atoms with Crippen LogP contribution in [-0.2, 0) is 0 Å². The summed E-state index contributed by atoms with van der Waals surface area (Å²) in [6.07, 6.45) is 0. The molecule has 0 saturated heterocycles. The third-order valence-corrected chi connectivity index (χ3v) is 2.80. The van der Waals surface area contributed by atoms with Crippen LogP contribution in [0.3, 0.4) is 0 Å². The minimum atomic E-state index is -0.603. The molecule has 3 N–H and O–H groups in total. The van der Waals surface area contributed by atoms with Crippen molar-refractivity contribution in [2.45, 2.75) is 19.9 Å². The second-order valence-corrected chi connectivity index (χ2v) is 4.38. The maximum atomic E-state index is 13.3. The van der Waals surface area contributed by atoms with Gasteiger partial charge in [0.25, 0.3) is 5.91 Å². The molecular formula is C14H15FN2O2. The third-order valence-electron chi connectivity index (χ3n) is 2.80. The summed E-state index contributed by atoms with van der Waals surface area (Å²) in [7, 11) is 0. The zero-order valence-corrected chi connectivity index (χ0v) is 10.7.